The molecule has 1 aliphatic rings. The van der Waals surface area contributed by atoms with E-state index in [4.69, 9.17) is 16.9 Å². The van der Waals surface area contributed by atoms with Crippen molar-refractivity contribution in [3.8, 4) is 6.07 Å². The molecule has 1 N–H and O–H groups in total. The Kier molecular flexibility index (Phi) is 3.15. The van der Waals surface area contributed by atoms with Crippen molar-refractivity contribution in [1.29, 1.82) is 5.26 Å². The predicted molar refractivity (Wildman–Crippen MR) is 77.9 cm³/mol. The highest BCUT2D eigenvalue weighted by Crippen LogP contribution is 2.28. The normalized spacial score (nSPS) is 12.8. The second kappa shape index (κ2) is 4.95. The summed E-state index contributed by atoms with van der Waals surface area (Å²) in [5, 5.41) is 13.0. The number of halogens is 1. The first-order valence-corrected chi connectivity index (χ1v) is 6.72. The van der Waals surface area contributed by atoms with Crippen LogP contribution in [0.25, 0.3) is 0 Å². The zero-order chi connectivity index (χ0) is 13.2. The highest BCUT2D eigenvalue weighted by molar-refractivity contribution is 6.30. The Balaban J connectivity index is 1.92. The molecule has 0 radical (unpaired) electrons. The smallest absolute Gasteiger partial charge is 0.101 e. The molecule has 0 unspecified atom stereocenters. The van der Waals surface area contributed by atoms with E-state index in [0.29, 0.717) is 10.6 Å². The summed E-state index contributed by atoms with van der Waals surface area (Å²) < 4.78 is 0. The van der Waals surface area contributed by atoms with Crippen molar-refractivity contribution in [2.75, 3.05) is 5.32 Å². The number of fused-ring (bicyclic) bond motifs is 1. The lowest BCUT2D eigenvalue weighted by Crippen LogP contribution is -1.95. The van der Waals surface area contributed by atoms with Crippen molar-refractivity contribution in [1.82, 2.24) is 0 Å². The quantitative estimate of drug-likeness (QED) is 0.874. The van der Waals surface area contributed by atoms with Gasteiger partial charge in [-0.3, -0.25) is 0 Å². The van der Waals surface area contributed by atoms with Crippen LogP contribution >= 0.6 is 11.6 Å². The topological polar surface area (TPSA) is 35.8 Å². The molecule has 2 aromatic rings. The fourth-order valence-corrected chi connectivity index (χ4v) is 2.70. The number of benzene rings is 2. The SMILES string of the molecule is N#Cc1cc(Cl)ccc1Nc1ccc2c(c1)CCC2. The van der Waals surface area contributed by atoms with Gasteiger partial charge in [0.1, 0.15) is 6.07 Å². The molecule has 2 aromatic carbocycles. The standard InChI is InChI=1S/C16H13ClN2/c17-14-5-7-16(13(8-14)10-18)19-15-6-4-11-2-1-3-12(11)9-15/h4-9,19H,1-3H2. The van der Waals surface area contributed by atoms with Crippen molar-refractivity contribution in [2.45, 2.75) is 19.3 Å². The van der Waals surface area contributed by atoms with E-state index in [-0.39, 0.29) is 0 Å². The van der Waals surface area contributed by atoms with Gasteiger partial charge >= 0.3 is 0 Å². The van der Waals surface area contributed by atoms with Crippen molar-refractivity contribution in [3.05, 3.63) is 58.1 Å². The van der Waals surface area contributed by atoms with Crippen LogP contribution in [0.5, 0.6) is 0 Å². The molecular formula is C16H13ClN2. The van der Waals surface area contributed by atoms with Crippen molar-refractivity contribution >= 4 is 23.0 Å². The molecule has 0 bridgehead atoms. The molecule has 1 aliphatic carbocycles. The second-order valence-corrected chi connectivity index (χ2v) is 5.20. The summed E-state index contributed by atoms with van der Waals surface area (Å²) in [4.78, 5) is 0. The van der Waals surface area contributed by atoms with E-state index in [0.717, 1.165) is 17.8 Å². The van der Waals surface area contributed by atoms with E-state index in [2.05, 4.69) is 29.6 Å². The van der Waals surface area contributed by atoms with Gasteiger partial charge in [-0.1, -0.05) is 17.7 Å². The van der Waals surface area contributed by atoms with Gasteiger partial charge in [0.2, 0.25) is 0 Å². The first-order chi connectivity index (χ1) is 9.26. The van der Waals surface area contributed by atoms with Crippen molar-refractivity contribution in [3.63, 3.8) is 0 Å². The number of anilines is 2. The summed E-state index contributed by atoms with van der Waals surface area (Å²) in [5.41, 5.74) is 5.25. The van der Waals surface area contributed by atoms with E-state index in [1.807, 2.05) is 6.07 Å². The largest absolute Gasteiger partial charge is 0.354 e. The third kappa shape index (κ3) is 2.43. The maximum Gasteiger partial charge on any atom is 0.101 e. The molecule has 0 fully saturated rings. The van der Waals surface area contributed by atoms with Crippen molar-refractivity contribution in [2.24, 2.45) is 0 Å². The van der Waals surface area contributed by atoms with Gasteiger partial charge in [-0.2, -0.15) is 5.26 Å². The maximum atomic E-state index is 9.13. The molecule has 94 valence electrons. The average molecular weight is 269 g/mol. The molecule has 0 spiro atoms. The van der Waals surface area contributed by atoms with Gasteiger partial charge < -0.3 is 5.32 Å². The molecule has 3 heteroatoms. The third-order valence-corrected chi connectivity index (χ3v) is 3.71. The Hall–Kier alpha value is -1.98. The van der Waals surface area contributed by atoms with Crippen LogP contribution in [0.2, 0.25) is 5.02 Å². The number of nitrogens with zero attached hydrogens (tertiary/aromatic N) is 1. The van der Waals surface area contributed by atoms with Gasteiger partial charge in [-0.25, -0.2) is 0 Å². The lowest BCUT2D eigenvalue weighted by atomic mass is 10.1. The molecule has 0 atom stereocenters. The summed E-state index contributed by atoms with van der Waals surface area (Å²) in [5.74, 6) is 0. The van der Waals surface area contributed by atoms with Gasteiger partial charge in [-0.05, 0) is 60.7 Å². The van der Waals surface area contributed by atoms with E-state index in [1.165, 1.54) is 24.0 Å². The summed E-state index contributed by atoms with van der Waals surface area (Å²) in [6.07, 6.45) is 3.57. The third-order valence-electron chi connectivity index (χ3n) is 3.48. The minimum atomic E-state index is 0.563. The van der Waals surface area contributed by atoms with Gasteiger partial charge in [0, 0.05) is 10.7 Å². The molecule has 19 heavy (non-hydrogen) atoms. The Morgan fingerprint density at radius 2 is 1.89 bits per heavy atom. The fourth-order valence-electron chi connectivity index (χ4n) is 2.52. The molecule has 0 heterocycles. The second-order valence-electron chi connectivity index (χ2n) is 4.76. The van der Waals surface area contributed by atoms with Gasteiger partial charge in [0.15, 0.2) is 0 Å². The minimum absolute atomic E-state index is 0.563. The molecule has 2 nitrogen and oxygen atoms in total. The summed E-state index contributed by atoms with van der Waals surface area (Å²) in [6.45, 7) is 0. The lowest BCUT2D eigenvalue weighted by molar-refractivity contribution is 0.912. The summed E-state index contributed by atoms with van der Waals surface area (Å²) >= 11 is 5.90. The fraction of sp³-hybridized carbons (Fsp3) is 0.188. The highest BCUT2D eigenvalue weighted by Gasteiger charge is 2.11. The number of hydrogen-bond acceptors (Lipinski definition) is 2. The Morgan fingerprint density at radius 3 is 2.74 bits per heavy atom. The van der Waals surface area contributed by atoms with E-state index in [9.17, 15) is 0 Å². The molecule has 0 aromatic heterocycles. The molecule has 0 saturated heterocycles. The first-order valence-electron chi connectivity index (χ1n) is 6.35. The van der Waals surface area contributed by atoms with E-state index >= 15 is 0 Å². The van der Waals surface area contributed by atoms with E-state index in [1.54, 1.807) is 12.1 Å². The predicted octanol–water partition coefficient (Wildman–Crippen LogP) is 4.44. The van der Waals surface area contributed by atoms with Crippen LogP contribution in [0, 0.1) is 11.3 Å². The van der Waals surface area contributed by atoms with Crippen LogP contribution in [0.15, 0.2) is 36.4 Å². The maximum absolute atomic E-state index is 9.13. The highest BCUT2D eigenvalue weighted by atomic mass is 35.5. The average Bonchev–Trinajstić information content (AvgIpc) is 2.88. The van der Waals surface area contributed by atoms with Crippen LogP contribution in [-0.2, 0) is 12.8 Å². The Bertz CT molecular complexity index is 671. The molecule has 0 saturated carbocycles. The number of aryl methyl sites for hydroxylation is 2. The minimum Gasteiger partial charge on any atom is -0.354 e. The summed E-state index contributed by atoms with van der Waals surface area (Å²) in [7, 11) is 0. The monoisotopic (exact) mass is 268 g/mol. The van der Waals surface area contributed by atoms with Crippen molar-refractivity contribution < 1.29 is 0 Å². The zero-order valence-corrected chi connectivity index (χ0v) is 11.2. The van der Waals surface area contributed by atoms with Crippen LogP contribution in [-0.4, -0.2) is 0 Å². The summed E-state index contributed by atoms with van der Waals surface area (Å²) in [6, 6.07) is 13.9. The molecular weight excluding hydrogens is 256 g/mol. The molecule has 0 aliphatic heterocycles. The Morgan fingerprint density at radius 1 is 1.05 bits per heavy atom. The number of nitrogens with one attached hydrogen (secondary N) is 1. The number of nitriles is 1. The van der Waals surface area contributed by atoms with Gasteiger partial charge in [-0.15, -0.1) is 0 Å². The van der Waals surface area contributed by atoms with Crippen LogP contribution < -0.4 is 5.32 Å². The van der Waals surface area contributed by atoms with Gasteiger partial charge in [0.05, 0.1) is 11.3 Å². The number of rotatable bonds is 2. The molecule has 0 amide bonds. The van der Waals surface area contributed by atoms with E-state index < -0.39 is 0 Å². The number of hydrogen-bond donors (Lipinski definition) is 1. The zero-order valence-electron chi connectivity index (χ0n) is 10.4. The van der Waals surface area contributed by atoms with Crippen LogP contribution in [0.1, 0.15) is 23.1 Å². The molecule has 3 rings (SSSR count). The Labute approximate surface area is 117 Å². The first kappa shape index (κ1) is 12.1. The van der Waals surface area contributed by atoms with Crippen LogP contribution in [0.3, 0.4) is 0 Å². The van der Waals surface area contributed by atoms with Crippen LogP contribution in [0.4, 0.5) is 11.4 Å². The van der Waals surface area contributed by atoms with Gasteiger partial charge in [0.25, 0.3) is 0 Å². The lowest BCUT2D eigenvalue weighted by Gasteiger charge is -2.10.